The Hall–Kier alpha value is -0.610. The molecule has 1 aliphatic heterocycles. The highest BCUT2D eigenvalue weighted by molar-refractivity contribution is 5.77. The topological polar surface area (TPSA) is 44.4 Å². The van der Waals surface area contributed by atoms with Gasteiger partial charge in [-0.15, -0.1) is 0 Å². The van der Waals surface area contributed by atoms with Crippen molar-refractivity contribution < 1.29 is 4.79 Å². The second-order valence-corrected chi connectivity index (χ2v) is 5.65. The van der Waals surface area contributed by atoms with Gasteiger partial charge in [-0.2, -0.15) is 0 Å². The molecule has 1 aliphatic carbocycles. The molecule has 2 unspecified atom stereocenters. The number of rotatable bonds is 5. The van der Waals surface area contributed by atoms with Crippen LogP contribution in [0.4, 0.5) is 0 Å². The first-order chi connectivity index (χ1) is 8.16. The highest BCUT2D eigenvalue weighted by Crippen LogP contribution is 2.27. The van der Waals surface area contributed by atoms with E-state index in [-0.39, 0.29) is 5.91 Å². The quantitative estimate of drug-likeness (QED) is 0.759. The molecule has 2 atom stereocenters. The van der Waals surface area contributed by atoms with Crippen LogP contribution in [0, 0.1) is 5.92 Å². The summed E-state index contributed by atoms with van der Waals surface area (Å²) in [6.45, 7) is 5.83. The molecular formula is C13H25N3O. The van der Waals surface area contributed by atoms with E-state index in [0.29, 0.717) is 18.6 Å². The normalized spacial score (nSPS) is 30.2. The molecular weight excluding hydrogens is 214 g/mol. The molecule has 0 aromatic carbocycles. The molecule has 0 spiro atoms. The van der Waals surface area contributed by atoms with Gasteiger partial charge in [0, 0.05) is 12.1 Å². The average Bonchev–Trinajstić information content (AvgIpc) is 3.08. The van der Waals surface area contributed by atoms with Crippen molar-refractivity contribution in [1.29, 1.82) is 0 Å². The van der Waals surface area contributed by atoms with Gasteiger partial charge < -0.3 is 5.32 Å². The predicted octanol–water partition coefficient (Wildman–Crippen LogP) is 1.28. The van der Waals surface area contributed by atoms with E-state index in [9.17, 15) is 4.79 Å². The number of nitrogens with zero attached hydrogens (tertiary/aromatic N) is 1. The van der Waals surface area contributed by atoms with Gasteiger partial charge in [0.25, 0.3) is 0 Å². The lowest BCUT2D eigenvalue weighted by Gasteiger charge is -2.38. The number of piperidine rings is 1. The maximum atomic E-state index is 11.8. The smallest absolute Gasteiger partial charge is 0.248 e. The second-order valence-electron chi connectivity index (χ2n) is 5.65. The number of carbonyl (C=O) groups is 1. The predicted molar refractivity (Wildman–Crippen MR) is 68.4 cm³/mol. The lowest BCUT2D eigenvalue weighted by molar-refractivity contribution is -0.128. The Morgan fingerprint density at radius 3 is 2.41 bits per heavy atom. The van der Waals surface area contributed by atoms with Crippen LogP contribution in [0.25, 0.3) is 0 Å². The zero-order valence-corrected chi connectivity index (χ0v) is 11.0. The van der Waals surface area contributed by atoms with Crippen molar-refractivity contribution >= 4 is 5.91 Å². The van der Waals surface area contributed by atoms with E-state index in [1.807, 2.05) is 0 Å². The number of hydrazine groups is 1. The van der Waals surface area contributed by atoms with E-state index >= 15 is 0 Å². The van der Waals surface area contributed by atoms with Gasteiger partial charge in [0.2, 0.25) is 5.91 Å². The Balaban J connectivity index is 1.68. The molecule has 2 fully saturated rings. The summed E-state index contributed by atoms with van der Waals surface area (Å²) in [5.74, 6) is 0.932. The molecule has 17 heavy (non-hydrogen) atoms. The van der Waals surface area contributed by atoms with E-state index in [4.69, 9.17) is 0 Å². The minimum absolute atomic E-state index is 0.103. The minimum Gasteiger partial charge on any atom is -0.308 e. The van der Waals surface area contributed by atoms with Crippen molar-refractivity contribution in [2.45, 2.75) is 58.0 Å². The molecule has 1 heterocycles. The number of hydrogen-bond donors (Lipinski definition) is 2. The zero-order chi connectivity index (χ0) is 12.3. The van der Waals surface area contributed by atoms with Crippen molar-refractivity contribution in [3.8, 4) is 0 Å². The summed E-state index contributed by atoms with van der Waals surface area (Å²) in [7, 11) is 0. The van der Waals surface area contributed by atoms with Crippen molar-refractivity contribution in [3.05, 3.63) is 0 Å². The Labute approximate surface area is 104 Å². The number of nitrogens with one attached hydrogen (secondary N) is 2. The van der Waals surface area contributed by atoms with Gasteiger partial charge in [-0.3, -0.25) is 10.2 Å². The van der Waals surface area contributed by atoms with Crippen LogP contribution in [-0.4, -0.2) is 36.1 Å². The fourth-order valence-corrected chi connectivity index (χ4v) is 2.54. The van der Waals surface area contributed by atoms with Gasteiger partial charge >= 0.3 is 0 Å². The van der Waals surface area contributed by atoms with Crippen LogP contribution >= 0.6 is 0 Å². The van der Waals surface area contributed by atoms with Crippen molar-refractivity contribution in [2.24, 2.45) is 5.92 Å². The van der Waals surface area contributed by atoms with E-state index in [0.717, 1.165) is 12.5 Å². The van der Waals surface area contributed by atoms with Gasteiger partial charge in [0.15, 0.2) is 0 Å². The molecule has 4 nitrogen and oxygen atoms in total. The highest BCUT2D eigenvalue weighted by atomic mass is 16.2. The standard InChI is InChI=1S/C13H25N3O/c1-10-4-3-5-11(2)16(10)15-13(17)9-14-8-12-6-7-12/h10-12,14H,3-9H2,1-2H3,(H,15,17). The monoisotopic (exact) mass is 239 g/mol. The molecule has 1 saturated heterocycles. The van der Waals surface area contributed by atoms with Gasteiger partial charge in [-0.05, 0) is 52.0 Å². The van der Waals surface area contributed by atoms with Gasteiger partial charge in [-0.25, -0.2) is 5.01 Å². The first kappa shape index (κ1) is 12.8. The maximum absolute atomic E-state index is 11.8. The molecule has 2 aliphatic rings. The van der Waals surface area contributed by atoms with Gasteiger partial charge in [0.1, 0.15) is 0 Å². The molecule has 1 amide bonds. The van der Waals surface area contributed by atoms with E-state index in [1.165, 1.54) is 32.1 Å². The Morgan fingerprint density at radius 2 is 1.82 bits per heavy atom. The number of hydrogen-bond acceptors (Lipinski definition) is 3. The third-order valence-electron chi connectivity index (χ3n) is 3.86. The van der Waals surface area contributed by atoms with Crippen LogP contribution in [0.2, 0.25) is 0 Å². The molecule has 0 bridgehead atoms. The first-order valence-corrected chi connectivity index (χ1v) is 6.95. The third-order valence-corrected chi connectivity index (χ3v) is 3.86. The first-order valence-electron chi connectivity index (χ1n) is 6.95. The molecule has 2 rings (SSSR count). The SMILES string of the molecule is CC1CCCC(C)N1NC(=O)CNCC1CC1. The highest BCUT2D eigenvalue weighted by Gasteiger charge is 2.26. The molecule has 0 radical (unpaired) electrons. The Morgan fingerprint density at radius 1 is 1.18 bits per heavy atom. The summed E-state index contributed by atoms with van der Waals surface area (Å²) in [4.78, 5) is 11.8. The summed E-state index contributed by atoms with van der Waals surface area (Å²) in [5.41, 5.74) is 3.04. The number of carbonyl (C=O) groups excluding carboxylic acids is 1. The van der Waals surface area contributed by atoms with E-state index in [1.54, 1.807) is 0 Å². The van der Waals surface area contributed by atoms with Crippen LogP contribution in [-0.2, 0) is 4.79 Å². The minimum atomic E-state index is 0.103. The lowest BCUT2D eigenvalue weighted by atomic mass is 10.00. The second kappa shape index (κ2) is 5.83. The fourth-order valence-electron chi connectivity index (χ4n) is 2.54. The van der Waals surface area contributed by atoms with Crippen molar-refractivity contribution in [1.82, 2.24) is 15.8 Å². The van der Waals surface area contributed by atoms with Crippen LogP contribution < -0.4 is 10.7 Å². The van der Waals surface area contributed by atoms with Gasteiger partial charge in [0.05, 0.1) is 6.54 Å². The van der Waals surface area contributed by atoms with Crippen LogP contribution in [0.5, 0.6) is 0 Å². The molecule has 0 aromatic heterocycles. The van der Waals surface area contributed by atoms with E-state index < -0.39 is 0 Å². The van der Waals surface area contributed by atoms with Crippen LogP contribution in [0.3, 0.4) is 0 Å². The van der Waals surface area contributed by atoms with Crippen molar-refractivity contribution in [2.75, 3.05) is 13.1 Å². The summed E-state index contributed by atoms with van der Waals surface area (Å²) >= 11 is 0. The average molecular weight is 239 g/mol. The molecule has 98 valence electrons. The van der Waals surface area contributed by atoms with Crippen molar-refractivity contribution in [3.63, 3.8) is 0 Å². The molecule has 0 aromatic rings. The summed E-state index contributed by atoms with van der Waals surface area (Å²) in [6, 6.07) is 0.928. The molecule has 4 heteroatoms. The van der Waals surface area contributed by atoms with Crippen LogP contribution in [0.1, 0.15) is 46.0 Å². The lowest BCUT2D eigenvalue weighted by Crippen LogP contribution is -2.55. The maximum Gasteiger partial charge on any atom is 0.248 e. The number of amides is 1. The summed E-state index contributed by atoms with van der Waals surface area (Å²) < 4.78 is 0. The fraction of sp³-hybridized carbons (Fsp3) is 0.923. The summed E-state index contributed by atoms with van der Waals surface area (Å²) in [6.07, 6.45) is 6.29. The van der Waals surface area contributed by atoms with Crippen LogP contribution in [0.15, 0.2) is 0 Å². The largest absolute Gasteiger partial charge is 0.308 e. The zero-order valence-electron chi connectivity index (χ0n) is 11.0. The van der Waals surface area contributed by atoms with Gasteiger partial charge in [-0.1, -0.05) is 6.42 Å². The van der Waals surface area contributed by atoms with E-state index in [2.05, 4.69) is 29.6 Å². The third kappa shape index (κ3) is 3.96. The summed E-state index contributed by atoms with van der Waals surface area (Å²) in [5, 5.41) is 5.36. The molecule has 1 saturated carbocycles. The molecule has 2 N–H and O–H groups in total. The Kier molecular flexibility index (Phi) is 4.40. The Bertz CT molecular complexity index is 255.